The predicted octanol–water partition coefficient (Wildman–Crippen LogP) is 0.814. The Morgan fingerprint density at radius 2 is 1.90 bits per heavy atom. The molecule has 5 nitrogen and oxygen atoms in total. The molecule has 1 rings (SSSR count). The smallest absolute Gasteiger partial charge is 0.235 e. The van der Waals surface area contributed by atoms with Crippen LogP contribution in [-0.4, -0.2) is 33.2 Å². The van der Waals surface area contributed by atoms with Crippen molar-refractivity contribution in [2.75, 3.05) is 18.8 Å². The van der Waals surface area contributed by atoms with Crippen molar-refractivity contribution in [2.24, 2.45) is 0 Å². The van der Waals surface area contributed by atoms with Crippen LogP contribution >= 0.6 is 0 Å². The van der Waals surface area contributed by atoms with E-state index >= 15 is 0 Å². The Morgan fingerprint density at radius 1 is 1.25 bits per heavy atom. The van der Waals surface area contributed by atoms with Crippen LogP contribution < -0.4 is 10.0 Å². The Bertz CT molecular complexity index is 529. The van der Waals surface area contributed by atoms with Gasteiger partial charge < -0.3 is 5.32 Å². The minimum Gasteiger partial charge on any atom is -0.355 e. The first kappa shape index (κ1) is 16.6. The monoisotopic (exact) mass is 302 g/mol. The molecule has 1 amide bonds. The normalized spacial score (nSPS) is 11.3. The zero-order chi connectivity index (χ0) is 15.0. The number of rotatable bonds is 8. The van der Waals surface area contributed by atoms with Crippen LogP contribution in [0.3, 0.4) is 0 Å². The lowest BCUT2D eigenvalue weighted by Gasteiger charge is -2.07. The summed E-state index contributed by atoms with van der Waals surface area (Å²) in [5.74, 6) is -0.675. The van der Waals surface area contributed by atoms with Gasteiger partial charge >= 0.3 is 0 Å². The maximum Gasteiger partial charge on any atom is 0.235 e. The standard InChI is InChI=1S/C13H19FN2O3S/c1-2-9-20(18,19)16-10-13(17)15-8-7-11-3-5-12(14)6-4-11/h3-6,16H,2,7-10H2,1H3,(H,15,17). The summed E-state index contributed by atoms with van der Waals surface area (Å²) in [5, 5.41) is 2.60. The molecule has 0 fully saturated rings. The molecule has 2 N–H and O–H groups in total. The summed E-state index contributed by atoms with van der Waals surface area (Å²) in [7, 11) is -3.36. The van der Waals surface area contributed by atoms with Gasteiger partial charge in [0.2, 0.25) is 15.9 Å². The third kappa shape index (κ3) is 6.63. The summed E-state index contributed by atoms with van der Waals surface area (Å²) >= 11 is 0. The van der Waals surface area contributed by atoms with E-state index in [4.69, 9.17) is 0 Å². The highest BCUT2D eigenvalue weighted by molar-refractivity contribution is 7.89. The SMILES string of the molecule is CCCS(=O)(=O)NCC(=O)NCCc1ccc(F)cc1. The van der Waals surface area contributed by atoms with Gasteiger partial charge in [0.25, 0.3) is 0 Å². The van der Waals surface area contributed by atoms with E-state index in [-0.39, 0.29) is 24.0 Å². The molecule has 0 unspecified atom stereocenters. The Kier molecular flexibility index (Phi) is 6.60. The van der Waals surface area contributed by atoms with Crippen molar-refractivity contribution in [2.45, 2.75) is 19.8 Å². The lowest BCUT2D eigenvalue weighted by Crippen LogP contribution is -2.38. The van der Waals surface area contributed by atoms with Crippen LogP contribution in [0.4, 0.5) is 4.39 Å². The fraction of sp³-hybridized carbons (Fsp3) is 0.462. The predicted molar refractivity (Wildman–Crippen MR) is 75.2 cm³/mol. The van der Waals surface area contributed by atoms with E-state index in [2.05, 4.69) is 10.0 Å². The quantitative estimate of drug-likeness (QED) is 0.746. The maximum atomic E-state index is 12.7. The third-order valence-corrected chi connectivity index (χ3v) is 4.10. The van der Waals surface area contributed by atoms with Crippen LogP contribution in [0.5, 0.6) is 0 Å². The Hall–Kier alpha value is -1.47. The highest BCUT2D eigenvalue weighted by atomic mass is 32.2. The maximum absolute atomic E-state index is 12.7. The molecule has 0 aliphatic rings. The first-order chi connectivity index (χ1) is 9.43. The summed E-state index contributed by atoms with van der Waals surface area (Å²) in [5.41, 5.74) is 0.901. The lowest BCUT2D eigenvalue weighted by atomic mass is 10.1. The molecule has 0 bridgehead atoms. The zero-order valence-corrected chi connectivity index (χ0v) is 12.2. The van der Waals surface area contributed by atoms with Crippen LogP contribution in [0.25, 0.3) is 0 Å². The van der Waals surface area contributed by atoms with Gasteiger partial charge in [-0.3, -0.25) is 4.79 Å². The number of amides is 1. The van der Waals surface area contributed by atoms with E-state index in [1.165, 1.54) is 12.1 Å². The number of benzene rings is 1. The number of carbonyl (C=O) groups excluding carboxylic acids is 1. The summed E-state index contributed by atoms with van der Waals surface area (Å²) in [6.45, 7) is 1.87. The van der Waals surface area contributed by atoms with Gasteiger partial charge in [0, 0.05) is 6.54 Å². The number of carbonyl (C=O) groups is 1. The van der Waals surface area contributed by atoms with E-state index in [0.29, 0.717) is 19.4 Å². The number of nitrogens with one attached hydrogen (secondary N) is 2. The molecule has 0 aliphatic heterocycles. The van der Waals surface area contributed by atoms with Gasteiger partial charge in [0.1, 0.15) is 5.82 Å². The highest BCUT2D eigenvalue weighted by Gasteiger charge is 2.10. The molecule has 0 radical (unpaired) electrons. The van der Waals surface area contributed by atoms with Crippen molar-refractivity contribution in [1.82, 2.24) is 10.0 Å². The lowest BCUT2D eigenvalue weighted by molar-refractivity contribution is -0.119. The van der Waals surface area contributed by atoms with Crippen molar-refractivity contribution in [1.29, 1.82) is 0 Å². The molecule has 0 atom stereocenters. The Morgan fingerprint density at radius 3 is 2.50 bits per heavy atom. The van der Waals surface area contributed by atoms with E-state index in [1.54, 1.807) is 19.1 Å². The van der Waals surface area contributed by atoms with Crippen LogP contribution in [0.2, 0.25) is 0 Å². The van der Waals surface area contributed by atoms with Crippen LogP contribution in [-0.2, 0) is 21.2 Å². The minimum absolute atomic E-state index is 0.00978. The Balaban J connectivity index is 2.25. The number of halogens is 1. The first-order valence-corrected chi connectivity index (χ1v) is 8.06. The second-order valence-corrected chi connectivity index (χ2v) is 6.29. The van der Waals surface area contributed by atoms with Gasteiger partial charge in [-0.2, -0.15) is 0 Å². The fourth-order valence-corrected chi connectivity index (χ4v) is 2.61. The average Bonchev–Trinajstić information content (AvgIpc) is 2.39. The molecule has 20 heavy (non-hydrogen) atoms. The van der Waals surface area contributed by atoms with Crippen molar-refractivity contribution in [3.05, 3.63) is 35.6 Å². The molecule has 0 aromatic heterocycles. The first-order valence-electron chi connectivity index (χ1n) is 6.41. The molecule has 0 saturated heterocycles. The molecule has 1 aromatic rings. The number of sulfonamides is 1. The van der Waals surface area contributed by atoms with Gasteiger partial charge in [0.15, 0.2) is 0 Å². The summed E-state index contributed by atoms with van der Waals surface area (Å²) < 4.78 is 37.6. The summed E-state index contributed by atoms with van der Waals surface area (Å²) in [4.78, 5) is 11.4. The van der Waals surface area contributed by atoms with Gasteiger partial charge in [-0.25, -0.2) is 17.5 Å². The molecule has 0 spiro atoms. The molecular weight excluding hydrogens is 283 g/mol. The van der Waals surface area contributed by atoms with Crippen LogP contribution in [0.15, 0.2) is 24.3 Å². The van der Waals surface area contributed by atoms with Crippen molar-refractivity contribution in [3.63, 3.8) is 0 Å². The van der Waals surface area contributed by atoms with Crippen molar-refractivity contribution >= 4 is 15.9 Å². The number of hydrogen-bond donors (Lipinski definition) is 2. The van der Waals surface area contributed by atoms with Crippen LogP contribution in [0.1, 0.15) is 18.9 Å². The van der Waals surface area contributed by atoms with Gasteiger partial charge in [-0.15, -0.1) is 0 Å². The second kappa shape index (κ2) is 7.96. The topological polar surface area (TPSA) is 75.3 Å². The van der Waals surface area contributed by atoms with E-state index in [0.717, 1.165) is 5.56 Å². The largest absolute Gasteiger partial charge is 0.355 e. The average molecular weight is 302 g/mol. The summed E-state index contributed by atoms with van der Waals surface area (Å²) in [6.07, 6.45) is 1.06. The molecular formula is C13H19FN2O3S. The van der Waals surface area contributed by atoms with E-state index in [9.17, 15) is 17.6 Å². The summed E-state index contributed by atoms with van der Waals surface area (Å²) in [6, 6.07) is 6.00. The highest BCUT2D eigenvalue weighted by Crippen LogP contribution is 2.02. The molecule has 112 valence electrons. The molecule has 7 heteroatoms. The molecule has 1 aromatic carbocycles. The zero-order valence-electron chi connectivity index (χ0n) is 11.4. The Labute approximate surface area is 118 Å². The second-order valence-electron chi connectivity index (χ2n) is 4.37. The molecule has 0 heterocycles. The van der Waals surface area contributed by atoms with Crippen molar-refractivity contribution in [3.8, 4) is 0 Å². The third-order valence-electron chi connectivity index (χ3n) is 2.57. The van der Waals surface area contributed by atoms with Crippen molar-refractivity contribution < 1.29 is 17.6 Å². The van der Waals surface area contributed by atoms with Gasteiger partial charge in [0.05, 0.1) is 12.3 Å². The van der Waals surface area contributed by atoms with Crippen LogP contribution in [0, 0.1) is 5.82 Å². The number of hydrogen-bond acceptors (Lipinski definition) is 3. The van der Waals surface area contributed by atoms with E-state index in [1.807, 2.05) is 0 Å². The minimum atomic E-state index is -3.36. The van der Waals surface area contributed by atoms with Gasteiger partial charge in [-0.05, 0) is 30.5 Å². The molecule has 0 saturated carbocycles. The fourth-order valence-electron chi connectivity index (χ4n) is 1.58. The molecule has 0 aliphatic carbocycles. The van der Waals surface area contributed by atoms with Gasteiger partial charge in [-0.1, -0.05) is 19.1 Å². The van der Waals surface area contributed by atoms with E-state index < -0.39 is 10.0 Å².